The van der Waals surface area contributed by atoms with Crippen LogP contribution in [0.1, 0.15) is 21.0 Å². The maximum atomic E-state index is 11.4. The number of halogens is 1. The Labute approximate surface area is 94.3 Å². The van der Waals surface area contributed by atoms with Crippen LogP contribution in [0.5, 0.6) is 0 Å². The Morgan fingerprint density at radius 2 is 1.80 bits per heavy atom. The molecule has 0 aliphatic carbocycles. The zero-order valence-corrected chi connectivity index (χ0v) is 9.99. The van der Waals surface area contributed by atoms with E-state index in [2.05, 4.69) is 30.4 Å². The highest BCUT2D eigenvalue weighted by molar-refractivity contribution is 9.10. The molecule has 0 radical (unpaired) electrons. The fraction of sp³-hybridized carbons (Fsp3) is 0.375. The van der Waals surface area contributed by atoms with E-state index >= 15 is 0 Å². The van der Waals surface area contributed by atoms with Crippen LogP contribution in [-0.4, -0.2) is 35.7 Å². The average Bonchev–Trinajstić information content (AvgIpc) is 2.53. The fourth-order valence-electron chi connectivity index (χ4n) is 1.04. The van der Waals surface area contributed by atoms with Crippen molar-refractivity contribution in [2.24, 2.45) is 7.05 Å². The van der Waals surface area contributed by atoms with E-state index in [-0.39, 0.29) is 11.4 Å². The summed E-state index contributed by atoms with van der Waals surface area (Å²) < 4.78 is 10.8. The molecule has 1 heterocycles. The van der Waals surface area contributed by atoms with Gasteiger partial charge in [-0.2, -0.15) is 0 Å². The van der Waals surface area contributed by atoms with Gasteiger partial charge < -0.3 is 14.0 Å². The molecule has 0 N–H and O–H groups in total. The van der Waals surface area contributed by atoms with E-state index in [4.69, 9.17) is 0 Å². The first-order valence-corrected chi connectivity index (χ1v) is 4.71. The van der Waals surface area contributed by atoms with Crippen LogP contribution in [-0.2, 0) is 16.5 Å². The van der Waals surface area contributed by atoms with Gasteiger partial charge in [-0.15, -0.1) is 0 Å². The van der Waals surface area contributed by atoms with Gasteiger partial charge in [-0.3, -0.25) is 0 Å². The minimum atomic E-state index is -0.684. The van der Waals surface area contributed by atoms with Crippen molar-refractivity contribution in [3.8, 4) is 0 Å². The summed E-state index contributed by atoms with van der Waals surface area (Å²) in [6.07, 6.45) is 0. The third-order valence-electron chi connectivity index (χ3n) is 1.80. The molecule has 1 rings (SSSR count). The number of nitrogens with zero attached hydrogens (tertiary/aromatic N) is 2. The minimum absolute atomic E-state index is 0.0521. The van der Waals surface area contributed by atoms with Crippen molar-refractivity contribution in [2.75, 3.05) is 14.2 Å². The zero-order chi connectivity index (χ0) is 11.6. The predicted molar refractivity (Wildman–Crippen MR) is 53.6 cm³/mol. The molecule has 0 bridgehead atoms. The van der Waals surface area contributed by atoms with Gasteiger partial charge in [0.1, 0.15) is 0 Å². The van der Waals surface area contributed by atoms with Gasteiger partial charge in [0.05, 0.1) is 14.2 Å². The Morgan fingerprint density at radius 3 is 2.27 bits per heavy atom. The first-order chi connectivity index (χ1) is 7.02. The van der Waals surface area contributed by atoms with Crippen molar-refractivity contribution < 1.29 is 19.1 Å². The highest BCUT2D eigenvalue weighted by Gasteiger charge is 2.26. The van der Waals surface area contributed by atoms with Crippen LogP contribution in [0.2, 0.25) is 0 Å². The highest BCUT2D eigenvalue weighted by atomic mass is 79.9. The normalized spacial score (nSPS) is 9.87. The number of carbonyl (C=O) groups is 2. The summed E-state index contributed by atoms with van der Waals surface area (Å²) in [4.78, 5) is 26.5. The van der Waals surface area contributed by atoms with Crippen LogP contribution in [0.25, 0.3) is 0 Å². The van der Waals surface area contributed by atoms with E-state index in [1.807, 2.05) is 0 Å². The summed E-state index contributed by atoms with van der Waals surface area (Å²) in [5, 5.41) is 0. The monoisotopic (exact) mass is 276 g/mol. The number of hydrogen-bond acceptors (Lipinski definition) is 5. The maximum Gasteiger partial charge on any atom is 0.359 e. The third-order valence-corrected chi connectivity index (χ3v) is 2.51. The lowest BCUT2D eigenvalue weighted by atomic mass is 10.3. The molecule has 15 heavy (non-hydrogen) atoms. The number of esters is 2. The highest BCUT2D eigenvalue weighted by Crippen LogP contribution is 2.16. The summed E-state index contributed by atoms with van der Waals surface area (Å²) in [5.74, 6) is -1.33. The molecule has 0 spiro atoms. The van der Waals surface area contributed by atoms with Gasteiger partial charge in [0.25, 0.3) is 0 Å². The zero-order valence-electron chi connectivity index (χ0n) is 8.41. The van der Waals surface area contributed by atoms with Crippen molar-refractivity contribution in [2.45, 2.75) is 0 Å². The number of aromatic nitrogens is 2. The maximum absolute atomic E-state index is 11.4. The van der Waals surface area contributed by atoms with Crippen molar-refractivity contribution >= 4 is 27.9 Å². The van der Waals surface area contributed by atoms with E-state index in [0.717, 1.165) is 0 Å². The van der Waals surface area contributed by atoms with Gasteiger partial charge in [0.2, 0.25) is 0 Å². The van der Waals surface area contributed by atoms with E-state index < -0.39 is 11.9 Å². The lowest BCUT2D eigenvalue weighted by molar-refractivity contribution is 0.0544. The van der Waals surface area contributed by atoms with Gasteiger partial charge in [-0.25, -0.2) is 14.6 Å². The largest absolute Gasteiger partial charge is 0.464 e. The van der Waals surface area contributed by atoms with Gasteiger partial charge in [0.15, 0.2) is 16.1 Å². The lowest BCUT2D eigenvalue weighted by Crippen LogP contribution is -2.14. The molecular formula is C8H9BrN2O4. The van der Waals surface area contributed by atoms with Crippen LogP contribution in [0.15, 0.2) is 4.73 Å². The molecule has 0 saturated carbocycles. The molecule has 7 heteroatoms. The van der Waals surface area contributed by atoms with Gasteiger partial charge in [-0.05, 0) is 15.9 Å². The van der Waals surface area contributed by atoms with E-state index in [1.165, 1.54) is 18.8 Å². The lowest BCUT2D eigenvalue weighted by Gasteiger charge is -2.02. The van der Waals surface area contributed by atoms with Crippen molar-refractivity contribution in [1.82, 2.24) is 9.55 Å². The number of carbonyl (C=O) groups excluding carboxylic acids is 2. The van der Waals surface area contributed by atoms with Crippen molar-refractivity contribution in [3.63, 3.8) is 0 Å². The molecule has 0 amide bonds. The Kier molecular flexibility index (Phi) is 3.46. The smallest absolute Gasteiger partial charge is 0.359 e. The minimum Gasteiger partial charge on any atom is -0.464 e. The van der Waals surface area contributed by atoms with Crippen LogP contribution >= 0.6 is 15.9 Å². The SMILES string of the molecule is COC(=O)c1nc(Br)n(C)c1C(=O)OC. The molecule has 0 atom stereocenters. The van der Waals surface area contributed by atoms with E-state index in [9.17, 15) is 9.59 Å². The van der Waals surface area contributed by atoms with Gasteiger partial charge >= 0.3 is 11.9 Å². The summed E-state index contributed by atoms with van der Waals surface area (Å²) in [5.41, 5.74) is -0.0186. The van der Waals surface area contributed by atoms with Crippen molar-refractivity contribution in [3.05, 3.63) is 16.1 Å². The third kappa shape index (κ3) is 2.01. The van der Waals surface area contributed by atoms with E-state index in [0.29, 0.717) is 4.73 Å². The number of rotatable bonds is 2. The fourth-order valence-corrected chi connectivity index (χ4v) is 1.40. The molecule has 1 aromatic rings. The second-order valence-corrected chi connectivity index (χ2v) is 3.33. The standard InChI is InChI=1S/C8H9BrN2O4/c1-11-5(7(13)15-3)4(6(12)14-2)10-8(11)9/h1-3H3. The van der Waals surface area contributed by atoms with Gasteiger partial charge in [-0.1, -0.05) is 0 Å². The summed E-state index contributed by atoms with van der Waals surface area (Å²) in [6, 6.07) is 0. The van der Waals surface area contributed by atoms with Gasteiger partial charge in [0, 0.05) is 7.05 Å². The molecule has 0 saturated heterocycles. The number of imidazole rings is 1. The second kappa shape index (κ2) is 4.43. The predicted octanol–water partition coefficient (Wildman–Crippen LogP) is 0.756. The number of hydrogen-bond donors (Lipinski definition) is 0. The molecular weight excluding hydrogens is 268 g/mol. The molecule has 1 aromatic heterocycles. The Hall–Kier alpha value is -1.37. The van der Waals surface area contributed by atoms with Crippen LogP contribution in [0.3, 0.4) is 0 Å². The molecule has 0 unspecified atom stereocenters. The summed E-state index contributed by atoms with van der Waals surface area (Å²) in [6.45, 7) is 0. The Balaban J connectivity index is 3.33. The summed E-state index contributed by atoms with van der Waals surface area (Å²) in [7, 11) is 4.02. The Bertz CT molecular complexity index is 413. The summed E-state index contributed by atoms with van der Waals surface area (Å²) >= 11 is 3.10. The molecule has 0 fully saturated rings. The van der Waals surface area contributed by atoms with E-state index in [1.54, 1.807) is 7.05 Å². The molecule has 0 aliphatic heterocycles. The Morgan fingerprint density at radius 1 is 1.27 bits per heavy atom. The topological polar surface area (TPSA) is 70.4 Å². The molecule has 0 aromatic carbocycles. The first-order valence-electron chi connectivity index (χ1n) is 3.91. The molecule has 6 nitrogen and oxygen atoms in total. The number of ether oxygens (including phenoxy) is 2. The van der Waals surface area contributed by atoms with Crippen molar-refractivity contribution in [1.29, 1.82) is 0 Å². The number of methoxy groups -OCH3 is 2. The second-order valence-electron chi connectivity index (χ2n) is 2.62. The molecule has 82 valence electrons. The van der Waals surface area contributed by atoms with Crippen LogP contribution < -0.4 is 0 Å². The average molecular weight is 277 g/mol. The molecule has 0 aliphatic rings. The van der Waals surface area contributed by atoms with Crippen LogP contribution in [0.4, 0.5) is 0 Å². The van der Waals surface area contributed by atoms with Crippen LogP contribution in [0, 0.1) is 0 Å². The first kappa shape index (κ1) is 11.7. The quantitative estimate of drug-likeness (QED) is 0.746.